The van der Waals surface area contributed by atoms with E-state index in [4.69, 9.17) is 19.3 Å². The molecule has 2 aliphatic heterocycles. The molecule has 1 aliphatic carbocycles. The van der Waals surface area contributed by atoms with Gasteiger partial charge in [0.1, 0.15) is 18.1 Å². The highest BCUT2D eigenvalue weighted by Crippen LogP contribution is 2.50. The summed E-state index contributed by atoms with van der Waals surface area (Å²) < 4.78 is 12.7. The van der Waals surface area contributed by atoms with Crippen LogP contribution in [-0.4, -0.2) is 77.1 Å². The predicted octanol–water partition coefficient (Wildman–Crippen LogP) is 4.87. The number of hydrogen-bond acceptors (Lipinski definition) is 18. The molecule has 1 N–H and O–H groups in total. The van der Waals surface area contributed by atoms with Crippen LogP contribution in [0.4, 0.5) is 22.7 Å². The number of fused-ring (bicyclic) bond motifs is 8. The first kappa shape index (κ1) is 40.6. The summed E-state index contributed by atoms with van der Waals surface area (Å²) in [7, 11) is 3.70. The summed E-state index contributed by atoms with van der Waals surface area (Å²) >= 11 is 0. The molecule has 8 rings (SSSR count). The van der Waals surface area contributed by atoms with Crippen LogP contribution in [0.15, 0.2) is 58.5 Å². The number of carbonyl (C=O) groups excluding carboxylic acids is 2. The number of phenolic OH excluding ortho intramolecular Hbond substituents is 1. The van der Waals surface area contributed by atoms with Gasteiger partial charge in [0.2, 0.25) is 11.7 Å². The first-order chi connectivity index (χ1) is 29.4. The van der Waals surface area contributed by atoms with Gasteiger partial charge in [0.05, 0.1) is 72.0 Å². The van der Waals surface area contributed by atoms with Crippen molar-refractivity contribution in [1.29, 1.82) is 0 Å². The number of pyridine rings is 2. The Hall–Kier alpha value is -8.21. The maximum Gasteiger partial charge on any atom is 0.355 e. The second-order valence-electron chi connectivity index (χ2n) is 14.8. The van der Waals surface area contributed by atoms with Gasteiger partial charge in [-0.3, -0.25) is 45.3 Å². The fourth-order valence-corrected chi connectivity index (χ4v) is 8.03. The highest BCUT2D eigenvalue weighted by atomic mass is 16.7. The SMILES string of the molecule is CCC1(OC(=O)[C@H](C)ON=C2c3cc([N+](=O)[O-])cc([N+](=O)[O-])c3-c3c2cc([N+](=O)[O-])cc3[N+](=O)[O-])C(=O)OCc2c1cc1n(c2=O)Cc2cc3c(CN(C)C)c(O)ccc3nc2-1. The number of benzene rings is 3. The largest absolute Gasteiger partial charge is 0.508 e. The van der Waals surface area contributed by atoms with Gasteiger partial charge in [0, 0.05) is 51.9 Å². The van der Waals surface area contributed by atoms with Crippen molar-refractivity contribution in [3.05, 3.63) is 133 Å². The number of oxime groups is 1. The van der Waals surface area contributed by atoms with Crippen molar-refractivity contribution < 1.29 is 48.7 Å². The highest BCUT2D eigenvalue weighted by molar-refractivity contribution is 6.27. The van der Waals surface area contributed by atoms with Gasteiger partial charge in [-0.2, -0.15) is 0 Å². The van der Waals surface area contributed by atoms with E-state index in [-0.39, 0.29) is 29.8 Å². The van der Waals surface area contributed by atoms with E-state index in [2.05, 4.69) is 5.16 Å². The van der Waals surface area contributed by atoms with Crippen LogP contribution in [0, 0.1) is 40.5 Å². The molecule has 2 atom stereocenters. The van der Waals surface area contributed by atoms with Crippen LogP contribution in [0.25, 0.3) is 33.4 Å². The van der Waals surface area contributed by atoms with Gasteiger partial charge in [-0.1, -0.05) is 12.1 Å². The number of nitro benzene ring substituents is 4. The molecule has 62 heavy (non-hydrogen) atoms. The van der Waals surface area contributed by atoms with Crippen LogP contribution in [0.2, 0.25) is 0 Å². The smallest absolute Gasteiger partial charge is 0.355 e. The normalized spacial score (nSPS) is 16.1. The Morgan fingerprint density at radius 1 is 0.952 bits per heavy atom. The molecular weight excluding hydrogens is 820 g/mol. The number of non-ortho nitro benzene ring substituents is 2. The molecule has 3 aliphatic rings. The zero-order chi connectivity index (χ0) is 44.7. The number of nitro groups is 4. The highest BCUT2D eigenvalue weighted by Gasteiger charge is 2.51. The van der Waals surface area contributed by atoms with Crippen molar-refractivity contribution in [3.63, 3.8) is 0 Å². The van der Waals surface area contributed by atoms with Gasteiger partial charge >= 0.3 is 11.9 Å². The molecule has 5 aromatic rings. The zero-order valence-electron chi connectivity index (χ0n) is 32.8. The molecule has 0 saturated carbocycles. The molecule has 1 unspecified atom stereocenters. The van der Waals surface area contributed by atoms with Crippen molar-refractivity contribution in [2.45, 2.75) is 51.7 Å². The van der Waals surface area contributed by atoms with Crippen LogP contribution in [0.3, 0.4) is 0 Å². The molecule has 0 spiro atoms. The third kappa shape index (κ3) is 6.20. The lowest BCUT2D eigenvalue weighted by molar-refractivity contribution is -0.395. The van der Waals surface area contributed by atoms with E-state index in [9.17, 15) is 59.9 Å². The first-order valence-corrected chi connectivity index (χ1v) is 18.5. The first-order valence-electron chi connectivity index (χ1n) is 18.5. The monoisotopic (exact) mass is 850 g/mol. The number of esters is 2. The second-order valence-corrected chi connectivity index (χ2v) is 14.8. The molecule has 0 amide bonds. The van der Waals surface area contributed by atoms with E-state index in [1.807, 2.05) is 25.1 Å². The minimum absolute atomic E-state index is 0.0191. The fraction of sp³-hybridized carbons (Fsp3) is 0.256. The quantitative estimate of drug-likeness (QED) is 0.103. The maximum atomic E-state index is 14.1. The predicted molar refractivity (Wildman–Crippen MR) is 212 cm³/mol. The average Bonchev–Trinajstić information content (AvgIpc) is 3.75. The second kappa shape index (κ2) is 14.5. The molecule has 316 valence electrons. The molecule has 0 radical (unpaired) electrons. The maximum absolute atomic E-state index is 14.1. The Balaban J connectivity index is 1.19. The lowest BCUT2D eigenvalue weighted by Gasteiger charge is -2.36. The minimum Gasteiger partial charge on any atom is -0.508 e. The molecular formula is C39H30N8O15. The standard InChI is InChI=1S/C39H30N8O15/c1-5-39(26-13-30-34-18(14-43(30)36(49)25(26)16-60-38(39)51)8-21-24(15-42(3)4)31(48)7-6-27(21)40-34)61-37(50)17(2)62-41-35-22-9-19(44(52)53)11-28(46(56)57)32(22)33-23(35)10-20(45(54)55)12-29(33)47(58)59/h6-13,17,48H,5,14-16H2,1-4H3/t17-,39?/m0/s1. The summed E-state index contributed by atoms with van der Waals surface area (Å²) in [5, 5.41) is 63.2. The van der Waals surface area contributed by atoms with E-state index in [0.717, 1.165) is 19.1 Å². The summed E-state index contributed by atoms with van der Waals surface area (Å²) in [6.07, 6.45) is -2.02. The van der Waals surface area contributed by atoms with Gasteiger partial charge in [-0.15, -0.1) is 0 Å². The van der Waals surface area contributed by atoms with E-state index < -0.39 is 106 Å². The van der Waals surface area contributed by atoms with Gasteiger partial charge in [0.15, 0.2) is 0 Å². The van der Waals surface area contributed by atoms with E-state index in [1.54, 1.807) is 6.07 Å². The van der Waals surface area contributed by atoms with Crippen LogP contribution >= 0.6 is 0 Å². The van der Waals surface area contributed by atoms with Gasteiger partial charge in [-0.05, 0) is 51.7 Å². The molecule has 0 bridgehead atoms. The molecule has 0 fully saturated rings. The molecule has 23 heteroatoms. The van der Waals surface area contributed by atoms with Crippen molar-refractivity contribution >= 4 is 51.3 Å². The number of carbonyl (C=O) groups is 2. The number of phenols is 1. The van der Waals surface area contributed by atoms with Crippen molar-refractivity contribution in [2.24, 2.45) is 5.16 Å². The Morgan fingerprint density at radius 2 is 1.56 bits per heavy atom. The lowest BCUT2D eigenvalue weighted by atomic mass is 9.85. The number of aromatic hydroxyl groups is 1. The minimum atomic E-state index is -2.22. The number of ether oxygens (including phenoxy) is 2. The van der Waals surface area contributed by atoms with E-state index in [1.165, 1.54) is 23.6 Å². The van der Waals surface area contributed by atoms with E-state index >= 15 is 0 Å². The van der Waals surface area contributed by atoms with Crippen LogP contribution < -0.4 is 5.56 Å². The topological polar surface area (TPSA) is 305 Å². The lowest BCUT2D eigenvalue weighted by Crippen LogP contribution is -2.48. The summed E-state index contributed by atoms with van der Waals surface area (Å²) in [5.74, 6) is -2.20. The van der Waals surface area contributed by atoms with Crippen molar-refractivity contribution in [2.75, 3.05) is 14.1 Å². The summed E-state index contributed by atoms with van der Waals surface area (Å²) in [5.41, 5.74) is -6.23. The summed E-state index contributed by atoms with van der Waals surface area (Å²) in [4.78, 5) is 97.9. The third-order valence-corrected chi connectivity index (χ3v) is 10.9. The summed E-state index contributed by atoms with van der Waals surface area (Å²) in [6.45, 7) is 2.68. The fourth-order valence-electron chi connectivity index (χ4n) is 8.03. The number of rotatable bonds is 11. The van der Waals surface area contributed by atoms with Crippen LogP contribution in [-0.2, 0) is 49.2 Å². The number of cyclic esters (lactones) is 1. The molecule has 23 nitrogen and oxygen atoms in total. The van der Waals surface area contributed by atoms with Gasteiger partial charge in [0.25, 0.3) is 28.3 Å². The van der Waals surface area contributed by atoms with Crippen LogP contribution in [0.5, 0.6) is 5.75 Å². The third-order valence-electron chi connectivity index (χ3n) is 10.9. The Kier molecular flexibility index (Phi) is 9.49. The van der Waals surface area contributed by atoms with Gasteiger partial charge < -0.3 is 28.9 Å². The molecule has 2 aromatic heterocycles. The Bertz CT molecular complexity index is 2930. The number of hydrogen-bond donors (Lipinski definition) is 1. The number of aromatic nitrogens is 2. The summed E-state index contributed by atoms with van der Waals surface area (Å²) in [6, 6.07) is 9.27. The van der Waals surface area contributed by atoms with Crippen molar-refractivity contribution in [1.82, 2.24) is 14.5 Å². The Morgan fingerprint density at radius 3 is 2.11 bits per heavy atom. The van der Waals surface area contributed by atoms with Crippen LogP contribution in [0.1, 0.15) is 53.6 Å². The molecule has 0 saturated heterocycles. The van der Waals surface area contributed by atoms with Gasteiger partial charge in [-0.25, -0.2) is 14.6 Å². The average molecular weight is 851 g/mol. The van der Waals surface area contributed by atoms with E-state index in [0.29, 0.717) is 52.1 Å². The molecule has 3 aromatic carbocycles. The van der Waals surface area contributed by atoms with Crippen molar-refractivity contribution in [3.8, 4) is 28.3 Å². The molecule has 4 heterocycles. The Labute approximate surface area is 346 Å². The number of nitrogens with zero attached hydrogens (tertiary/aromatic N) is 8. The zero-order valence-corrected chi connectivity index (χ0v) is 32.8.